The summed E-state index contributed by atoms with van der Waals surface area (Å²) in [7, 11) is -2.01. The topological polar surface area (TPSA) is 66.8 Å². The van der Waals surface area contributed by atoms with E-state index in [2.05, 4.69) is 4.90 Å². The van der Waals surface area contributed by atoms with Gasteiger partial charge in [-0.15, -0.1) is 0 Å². The van der Waals surface area contributed by atoms with E-state index in [4.69, 9.17) is 9.29 Å². The Morgan fingerprint density at radius 1 is 0.854 bits per heavy atom. The van der Waals surface area contributed by atoms with E-state index in [1.165, 1.54) is 12.1 Å². The molecule has 0 bridgehead atoms. The predicted octanol–water partition coefficient (Wildman–Crippen LogP) is 7.15. The lowest BCUT2D eigenvalue weighted by molar-refractivity contribution is -0.143. The molecule has 224 valence electrons. The van der Waals surface area contributed by atoms with Crippen molar-refractivity contribution in [2.45, 2.75) is 49.0 Å². The van der Waals surface area contributed by atoms with E-state index in [-0.39, 0.29) is 35.2 Å². The van der Waals surface area contributed by atoms with E-state index in [0.717, 1.165) is 49.2 Å². The lowest BCUT2D eigenvalue weighted by Crippen LogP contribution is -2.43. The lowest BCUT2D eigenvalue weighted by atomic mass is 9.73. The molecular formula is C29H31F6NO4S. The van der Waals surface area contributed by atoms with Crippen LogP contribution in [-0.2, 0) is 39.2 Å². The molecule has 4 rings (SSSR count). The van der Waals surface area contributed by atoms with E-state index in [1.54, 1.807) is 12.1 Å². The summed E-state index contributed by atoms with van der Waals surface area (Å²) in [5, 5.41) is 0. The number of nitrogens with zero attached hydrogens (tertiary/aromatic N) is 1. The Morgan fingerprint density at radius 3 is 1.83 bits per heavy atom. The highest BCUT2D eigenvalue weighted by Crippen LogP contribution is 2.38. The zero-order chi connectivity index (χ0) is 30.5. The molecule has 0 radical (unpaired) electrons. The molecule has 1 aliphatic heterocycles. The van der Waals surface area contributed by atoms with E-state index >= 15 is 0 Å². The molecule has 1 N–H and O–H groups in total. The average molecular weight is 604 g/mol. The number of aryl methyl sites for hydroxylation is 1. The monoisotopic (exact) mass is 603 g/mol. The van der Waals surface area contributed by atoms with E-state index < -0.39 is 33.6 Å². The number of rotatable bonds is 6. The number of likely N-dealkylation sites (tertiary alicyclic amines) is 1. The fourth-order valence-corrected chi connectivity index (χ4v) is 5.01. The number of benzene rings is 3. The van der Waals surface area contributed by atoms with Crippen molar-refractivity contribution in [2.24, 2.45) is 0 Å². The standard InChI is InChI=1S/C22H23F6NO.C7H8O3S/c1-29-9-7-20(8-10-29,17-5-3-2-4-6-17)15-30-14-16-11-18(21(23,24)25)13-19(12-16)22(26,27)28;1-6-2-4-7(5-3-6)11(8,9)10/h2-6,11-13H,7-10,14-15H2,1H3;2-5H,1H3,(H,8,9,10). The lowest BCUT2D eigenvalue weighted by Gasteiger charge is -2.41. The SMILES string of the molecule is CN1CCC(COCc2cc(C(F)(F)F)cc(C(F)(F)F)c2)(c2ccccc2)CC1.Cc1ccc(S(=O)(=O)O)cc1. The fourth-order valence-electron chi connectivity index (χ4n) is 4.53. The van der Waals surface area contributed by atoms with Crippen molar-refractivity contribution in [1.82, 2.24) is 4.90 Å². The maximum absolute atomic E-state index is 13.1. The molecule has 1 aliphatic rings. The van der Waals surface area contributed by atoms with Crippen LogP contribution < -0.4 is 0 Å². The Morgan fingerprint density at radius 2 is 1.37 bits per heavy atom. The molecule has 0 atom stereocenters. The fraction of sp³-hybridized carbons (Fsp3) is 0.379. The van der Waals surface area contributed by atoms with Gasteiger partial charge in [0.05, 0.1) is 29.2 Å². The predicted molar refractivity (Wildman–Crippen MR) is 142 cm³/mol. The Bertz CT molecular complexity index is 1350. The summed E-state index contributed by atoms with van der Waals surface area (Å²) in [5.41, 5.74) is -1.09. The van der Waals surface area contributed by atoms with Crippen molar-refractivity contribution < 1.29 is 44.0 Å². The normalized spacial score (nSPS) is 16.1. The van der Waals surface area contributed by atoms with Crippen molar-refractivity contribution in [3.05, 3.63) is 101 Å². The molecule has 1 heterocycles. The molecule has 41 heavy (non-hydrogen) atoms. The van der Waals surface area contributed by atoms with Crippen molar-refractivity contribution in [2.75, 3.05) is 26.7 Å². The van der Waals surface area contributed by atoms with Gasteiger partial charge in [0.25, 0.3) is 10.1 Å². The Kier molecular flexibility index (Phi) is 10.3. The number of alkyl halides is 6. The van der Waals surface area contributed by atoms with Gasteiger partial charge in [-0.2, -0.15) is 34.8 Å². The number of piperidine rings is 1. The van der Waals surface area contributed by atoms with E-state index in [9.17, 15) is 34.8 Å². The minimum Gasteiger partial charge on any atom is -0.376 e. The van der Waals surface area contributed by atoms with Crippen LogP contribution in [-0.4, -0.2) is 44.6 Å². The molecule has 0 saturated carbocycles. The highest BCUT2D eigenvalue weighted by molar-refractivity contribution is 7.85. The summed E-state index contributed by atoms with van der Waals surface area (Å²) in [6.07, 6.45) is -8.14. The van der Waals surface area contributed by atoms with Crippen LogP contribution in [0, 0.1) is 6.92 Å². The molecule has 0 amide bonds. The first-order valence-corrected chi connectivity index (χ1v) is 14.1. The quantitative estimate of drug-likeness (QED) is 0.240. The van der Waals surface area contributed by atoms with Crippen molar-refractivity contribution in [3.8, 4) is 0 Å². The summed E-state index contributed by atoms with van der Waals surface area (Å²) in [5.74, 6) is 0. The molecule has 3 aromatic carbocycles. The molecule has 1 fully saturated rings. The minimum atomic E-state index is -4.87. The third kappa shape index (κ3) is 9.29. The van der Waals surface area contributed by atoms with E-state index in [0.29, 0.717) is 0 Å². The van der Waals surface area contributed by atoms with Gasteiger partial charge >= 0.3 is 12.4 Å². The molecule has 12 heteroatoms. The number of hydrogen-bond donors (Lipinski definition) is 1. The summed E-state index contributed by atoms with van der Waals surface area (Å²) in [6.45, 7) is 3.41. The summed E-state index contributed by atoms with van der Waals surface area (Å²) in [4.78, 5) is 2.12. The molecule has 3 aromatic rings. The first kappa shape index (κ1) is 32.6. The van der Waals surface area contributed by atoms with Crippen LogP contribution in [0.25, 0.3) is 0 Å². The first-order chi connectivity index (χ1) is 19.0. The van der Waals surface area contributed by atoms with Crippen LogP contribution in [0.4, 0.5) is 26.3 Å². The second-order valence-corrected chi connectivity index (χ2v) is 11.6. The van der Waals surface area contributed by atoms with Gasteiger partial charge in [-0.25, -0.2) is 0 Å². The molecule has 0 unspecified atom stereocenters. The van der Waals surface area contributed by atoms with Gasteiger partial charge in [-0.1, -0.05) is 48.0 Å². The second-order valence-electron chi connectivity index (χ2n) is 10.1. The first-order valence-electron chi connectivity index (χ1n) is 12.6. The number of ether oxygens (including phenoxy) is 1. The van der Waals surface area contributed by atoms with Crippen molar-refractivity contribution in [1.29, 1.82) is 0 Å². The van der Waals surface area contributed by atoms with Crippen LogP contribution in [0.2, 0.25) is 0 Å². The molecule has 1 saturated heterocycles. The van der Waals surface area contributed by atoms with Crippen molar-refractivity contribution >= 4 is 10.1 Å². The second kappa shape index (κ2) is 12.9. The summed E-state index contributed by atoms with van der Waals surface area (Å²) >= 11 is 0. The molecule has 0 aliphatic carbocycles. The third-order valence-corrected chi connectivity index (χ3v) is 7.81. The minimum absolute atomic E-state index is 0.0666. The third-order valence-electron chi connectivity index (χ3n) is 6.94. The van der Waals surface area contributed by atoms with Gasteiger partial charge in [0.2, 0.25) is 0 Å². The Labute approximate surface area is 235 Å². The highest BCUT2D eigenvalue weighted by atomic mass is 32.2. The maximum Gasteiger partial charge on any atom is 0.416 e. The molecule has 5 nitrogen and oxygen atoms in total. The molecule has 0 spiro atoms. The molecular weight excluding hydrogens is 572 g/mol. The smallest absolute Gasteiger partial charge is 0.376 e. The summed E-state index contributed by atoms with van der Waals surface area (Å²) < 4.78 is 114. The zero-order valence-electron chi connectivity index (χ0n) is 22.5. The van der Waals surface area contributed by atoms with Crippen LogP contribution >= 0.6 is 0 Å². The van der Waals surface area contributed by atoms with Crippen LogP contribution in [0.3, 0.4) is 0 Å². The number of hydrogen-bond acceptors (Lipinski definition) is 4. The maximum atomic E-state index is 13.1. The van der Waals surface area contributed by atoms with Gasteiger partial charge in [0.1, 0.15) is 0 Å². The van der Waals surface area contributed by atoms with Crippen molar-refractivity contribution in [3.63, 3.8) is 0 Å². The van der Waals surface area contributed by atoms with E-state index in [1.807, 2.05) is 44.3 Å². The average Bonchev–Trinajstić information content (AvgIpc) is 2.89. The summed E-state index contributed by atoms with van der Waals surface area (Å²) in [6, 6.07) is 17.3. The van der Waals surface area contributed by atoms with Gasteiger partial charge in [0.15, 0.2) is 0 Å². The Balaban J connectivity index is 0.000000352. The van der Waals surface area contributed by atoms with Gasteiger partial charge < -0.3 is 9.64 Å². The van der Waals surface area contributed by atoms with Gasteiger partial charge in [0, 0.05) is 5.41 Å². The van der Waals surface area contributed by atoms with Gasteiger partial charge in [-0.05, 0) is 81.4 Å². The van der Waals surface area contributed by atoms with Crippen LogP contribution in [0.15, 0.2) is 77.7 Å². The van der Waals surface area contributed by atoms with Crippen LogP contribution in [0.1, 0.15) is 40.7 Å². The number of halogens is 6. The zero-order valence-corrected chi connectivity index (χ0v) is 23.3. The largest absolute Gasteiger partial charge is 0.416 e. The molecule has 0 aromatic heterocycles. The highest BCUT2D eigenvalue weighted by Gasteiger charge is 2.38. The van der Waals surface area contributed by atoms with Crippen LogP contribution in [0.5, 0.6) is 0 Å². The van der Waals surface area contributed by atoms with Gasteiger partial charge in [-0.3, -0.25) is 4.55 Å². The Hall–Kier alpha value is -2.93.